The Kier molecular flexibility index (Phi) is 6.30. The van der Waals surface area contributed by atoms with Gasteiger partial charge in [-0.2, -0.15) is 5.26 Å². The summed E-state index contributed by atoms with van der Waals surface area (Å²) in [7, 11) is 0. The van der Waals surface area contributed by atoms with Crippen molar-refractivity contribution < 1.29 is 14.3 Å². The second-order valence-electron chi connectivity index (χ2n) is 6.53. The number of aromatic amines is 1. The summed E-state index contributed by atoms with van der Waals surface area (Å²) in [5, 5.41) is 9.10. The molecule has 0 saturated carbocycles. The lowest BCUT2D eigenvalue weighted by Gasteiger charge is -2.14. The number of nitriles is 1. The van der Waals surface area contributed by atoms with Crippen LogP contribution >= 0.6 is 0 Å². The number of aryl methyl sites for hydroxylation is 2. The minimum Gasteiger partial charge on any atom is -0.454 e. The van der Waals surface area contributed by atoms with Crippen molar-refractivity contribution in [1.82, 2.24) is 4.98 Å². The van der Waals surface area contributed by atoms with Crippen molar-refractivity contribution in [3.63, 3.8) is 0 Å². The van der Waals surface area contributed by atoms with Gasteiger partial charge in [0.15, 0.2) is 6.10 Å². The average Bonchev–Trinajstić information content (AvgIpc) is 2.61. The number of aromatic nitrogens is 1. The second kappa shape index (κ2) is 8.45. The first-order valence-electron chi connectivity index (χ1n) is 8.67. The molecule has 0 amide bonds. The molecule has 140 valence electrons. The molecule has 2 rings (SSSR count). The zero-order valence-corrected chi connectivity index (χ0v) is 15.9. The van der Waals surface area contributed by atoms with Gasteiger partial charge >= 0.3 is 5.97 Å². The van der Waals surface area contributed by atoms with Crippen LogP contribution in [0.2, 0.25) is 0 Å². The van der Waals surface area contributed by atoms with Gasteiger partial charge in [-0.25, -0.2) is 0 Å². The van der Waals surface area contributed by atoms with Crippen LogP contribution in [0.5, 0.6) is 0 Å². The van der Waals surface area contributed by atoms with Crippen LogP contribution in [0.3, 0.4) is 0 Å². The molecule has 0 aliphatic rings. The van der Waals surface area contributed by atoms with Crippen LogP contribution in [0.15, 0.2) is 29.1 Å². The van der Waals surface area contributed by atoms with Crippen molar-refractivity contribution >= 4 is 11.8 Å². The summed E-state index contributed by atoms with van der Waals surface area (Å²) >= 11 is 0. The van der Waals surface area contributed by atoms with E-state index in [1.54, 1.807) is 32.9 Å². The Balaban J connectivity index is 2.02. The number of nitrogens with zero attached hydrogens (tertiary/aromatic N) is 1. The molecule has 1 atom stereocenters. The third-order valence-electron chi connectivity index (χ3n) is 4.51. The molecular formula is C21H22N2O4. The van der Waals surface area contributed by atoms with E-state index in [1.807, 2.05) is 25.1 Å². The molecule has 2 aromatic rings. The summed E-state index contributed by atoms with van der Waals surface area (Å²) in [5.41, 5.74) is 3.07. The van der Waals surface area contributed by atoms with E-state index < -0.39 is 17.6 Å². The Bertz CT molecular complexity index is 965. The number of ether oxygens (including phenoxy) is 1. The van der Waals surface area contributed by atoms with Gasteiger partial charge in [0, 0.05) is 17.7 Å². The fourth-order valence-corrected chi connectivity index (χ4v) is 2.91. The molecule has 1 heterocycles. The van der Waals surface area contributed by atoms with Crippen LogP contribution in [0.1, 0.15) is 51.7 Å². The van der Waals surface area contributed by atoms with Crippen molar-refractivity contribution in [2.45, 2.75) is 46.6 Å². The topological polar surface area (TPSA) is 100 Å². The number of H-pyrrole nitrogens is 1. The summed E-state index contributed by atoms with van der Waals surface area (Å²) in [6, 6.07) is 8.96. The molecule has 1 aromatic carbocycles. The molecule has 0 bridgehead atoms. The lowest BCUT2D eigenvalue weighted by molar-refractivity contribution is -0.146. The number of pyridine rings is 1. The zero-order chi connectivity index (χ0) is 20.1. The zero-order valence-electron chi connectivity index (χ0n) is 15.9. The Morgan fingerprint density at radius 2 is 1.81 bits per heavy atom. The van der Waals surface area contributed by atoms with Gasteiger partial charge in [-0.1, -0.05) is 29.8 Å². The van der Waals surface area contributed by atoms with E-state index in [2.05, 4.69) is 4.98 Å². The van der Waals surface area contributed by atoms with Crippen molar-refractivity contribution in [1.29, 1.82) is 5.26 Å². The molecule has 6 heteroatoms. The number of hydrogen-bond donors (Lipinski definition) is 1. The number of ketones is 1. The molecule has 0 fully saturated rings. The number of esters is 1. The molecule has 0 unspecified atom stereocenters. The number of rotatable bonds is 6. The first-order valence-corrected chi connectivity index (χ1v) is 8.67. The quantitative estimate of drug-likeness (QED) is 0.626. The van der Waals surface area contributed by atoms with Gasteiger partial charge in [0.05, 0.1) is 0 Å². The number of nitrogens with one attached hydrogen (secondary N) is 1. The van der Waals surface area contributed by atoms with E-state index in [9.17, 15) is 14.4 Å². The number of benzene rings is 1. The SMILES string of the molecule is Cc1ccc(C(=O)[C@H](C)OC(=O)CCc2c(C)[nH]c(=O)c(C#N)c2C)cc1. The van der Waals surface area contributed by atoms with E-state index >= 15 is 0 Å². The molecule has 1 aromatic heterocycles. The number of Topliss-reactive ketones (excluding diaryl/α,β-unsaturated/α-hetero) is 1. The van der Waals surface area contributed by atoms with Gasteiger partial charge < -0.3 is 9.72 Å². The first kappa shape index (κ1) is 20.1. The van der Waals surface area contributed by atoms with E-state index in [4.69, 9.17) is 10.00 Å². The van der Waals surface area contributed by atoms with E-state index in [1.165, 1.54) is 0 Å². The second-order valence-corrected chi connectivity index (χ2v) is 6.53. The van der Waals surface area contributed by atoms with Gasteiger partial charge in [0.1, 0.15) is 11.6 Å². The summed E-state index contributed by atoms with van der Waals surface area (Å²) in [4.78, 5) is 38.9. The van der Waals surface area contributed by atoms with Gasteiger partial charge in [-0.15, -0.1) is 0 Å². The Morgan fingerprint density at radius 3 is 2.41 bits per heavy atom. The standard InChI is InChI=1S/C21H22N2O4/c1-12-5-7-16(8-6-12)20(25)15(4)27-19(24)10-9-17-13(2)18(11-22)21(26)23-14(17)3/h5-8,15H,9-10H2,1-4H3,(H,23,26)/t15-/m0/s1. The number of carbonyl (C=O) groups excluding carboxylic acids is 2. The first-order chi connectivity index (χ1) is 12.7. The number of hydrogen-bond acceptors (Lipinski definition) is 5. The number of carbonyl (C=O) groups is 2. The predicted molar refractivity (Wildman–Crippen MR) is 101 cm³/mol. The summed E-state index contributed by atoms with van der Waals surface area (Å²) in [6.45, 7) is 6.88. The average molecular weight is 366 g/mol. The molecule has 27 heavy (non-hydrogen) atoms. The normalized spacial score (nSPS) is 11.5. The van der Waals surface area contributed by atoms with Gasteiger partial charge in [-0.05, 0) is 45.2 Å². The molecular weight excluding hydrogens is 344 g/mol. The molecule has 1 N–H and O–H groups in total. The molecule has 0 radical (unpaired) electrons. The fourth-order valence-electron chi connectivity index (χ4n) is 2.91. The molecule has 0 aliphatic heterocycles. The van der Waals surface area contributed by atoms with Crippen LogP contribution < -0.4 is 5.56 Å². The largest absolute Gasteiger partial charge is 0.454 e. The van der Waals surface area contributed by atoms with Crippen molar-refractivity contribution in [2.75, 3.05) is 0 Å². The van der Waals surface area contributed by atoms with Crippen molar-refractivity contribution in [3.8, 4) is 6.07 Å². The maximum absolute atomic E-state index is 12.3. The molecule has 6 nitrogen and oxygen atoms in total. The third kappa shape index (κ3) is 4.70. The fraction of sp³-hybridized carbons (Fsp3) is 0.333. The lowest BCUT2D eigenvalue weighted by Crippen LogP contribution is -2.25. The molecule has 0 spiro atoms. The minimum absolute atomic E-state index is 0.0457. The summed E-state index contributed by atoms with van der Waals surface area (Å²) in [5.74, 6) is -0.766. The van der Waals surface area contributed by atoms with Gasteiger partial charge in [0.25, 0.3) is 5.56 Å². The van der Waals surface area contributed by atoms with E-state index in [-0.39, 0.29) is 17.8 Å². The maximum Gasteiger partial charge on any atom is 0.306 e. The smallest absolute Gasteiger partial charge is 0.306 e. The summed E-state index contributed by atoms with van der Waals surface area (Å²) in [6.07, 6.45) is -0.523. The van der Waals surface area contributed by atoms with Crippen LogP contribution in [-0.2, 0) is 16.0 Å². The maximum atomic E-state index is 12.3. The van der Waals surface area contributed by atoms with Crippen LogP contribution in [-0.4, -0.2) is 22.8 Å². The third-order valence-corrected chi connectivity index (χ3v) is 4.51. The highest BCUT2D eigenvalue weighted by molar-refractivity contribution is 6.00. The van der Waals surface area contributed by atoms with Crippen LogP contribution in [0, 0.1) is 32.1 Å². The Labute approximate surface area is 157 Å². The van der Waals surface area contributed by atoms with Crippen molar-refractivity contribution in [2.24, 2.45) is 0 Å². The molecule has 0 saturated heterocycles. The predicted octanol–water partition coefficient (Wildman–Crippen LogP) is 2.92. The van der Waals surface area contributed by atoms with Crippen molar-refractivity contribution in [3.05, 3.63) is 68.1 Å². The minimum atomic E-state index is -0.882. The van der Waals surface area contributed by atoms with Crippen LogP contribution in [0.4, 0.5) is 0 Å². The monoisotopic (exact) mass is 366 g/mol. The van der Waals surface area contributed by atoms with E-state index in [0.717, 1.165) is 11.1 Å². The highest BCUT2D eigenvalue weighted by Gasteiger charge is 2.20. The molecule has 0 aliphatic carbocycles. The van der Waals surface area contributed by atoms with Crippen LogP contribution in [0.25, 0.3) is 0 Å². The summed E-state index contributed by atoms with van der Waals surface area (Å²) < 4.78 is 5.25. The lowest BCUT2D eigenvalue weighted by atomic mass is 9.99. The Morgan fingerprint density at radius 1 is 1.19 bits per heavy atom. The highest BCUT2D eigenvalue weighted by Crippen LogP contribution is 2.16. The van der Waals surface area contributed by atoms with E-state index in [0.29, 0.717) is 23.2 Å². The highest BCUT2D eigenvalue weighted by atomic mass is 16.5. The van der Waals surface area contributed by atoms with Gasteiger partial charge in [0.2, 0.25) is 5.78 Å². The Hall–Kier alpha value is -3.20. The van der Waals surface area contributed by atoms with Gasteiger partial charge in [-0.3, -0.25) is 14.4 Å².